The van der Waals surface area contributed by atoms with Crippen LogP contribution >= 0.6 is 0 Å². The predicted molar refractivity (Wildman–Crippen MR) is 79.3 cm³/mol. The van der Waals surface area contributed by atoms with Gasteiger partial charge in [0.05, 0.1) is 18.4 Å². The van der Waals surface area contributed by atoms with E-state index in [9.17, 15) is 4.79 Å². The van der Waals surface area contributed by atoms with Crippen LogP contribution in [0, 0.1) is 17.8 Å². The normalized spacial score (nSPS) is 34.4. The summed E-state index contributed by atoms with van der Waals surface area (Å²) >= 11 is 0. The van der Waals surface area contributed by atoms with Crippen molar-refractivity contribution in [3.05, 3.63) is 17.5 Å². The first-order chi connectivity index (χ1) is 10.1. The smallest absolute Gasteiger partial charge is 0.223 e. The van der Waals surface area contributed by atoms with Crippen LogP contribution in [0.5, 0.6) is 0 Å². The number of fused-ring (bicyclic) bond motifs is 1. The highest BCUT2D eigenvalue weighted by molar-refractivity contribution is 5.79. The Kier molecular flexibility index (Phi) is 3.06. The van der Waals surface area contributed by atoms with E-state index in [0.29, 0.717) is 30.3 Å². The van der Waals surface area contributed by atoms with Crippen LogP contribution in [0.25, 0.3) is 0 Å². The highest BCUT2D eigenvalue weighted by Crippen LogP contribution is 2.48. The van der Waals surface area contributed by atoms with Crippen molar-refractivity contribution in [2.24, 2.45) is 30.5 Å². The summed E-state index contributed by atoms with van der Waals surface area (Å²) in [6.07, 6.45) is 7.62. The monoisotopic (exact) mass is 288 g/mol. The maximum atomic E-state index is 12.4. The summed E-state index contributed by atoms with van der Waals surface area (Å²) in [5, 5.41) is 7.48. The van der Waals surface area contributed by atoms with Crippen LogP contribution in [0.15, 0.2) is 6.20 Å². The molecule has 0 aromatic carbocycles. The fraction of sp³-hybridized carbons (Fsp3) is 0.750. The molecule has 1 aromatic heterocycles. The van der Waals surface area contributed by atoms with Gasteiger partial charge in [0.2, 0.25) is 5.91 Å². The van der Waals surface area contributed by atoms with Gasteiger partial charge in [-0.05, 0) is 55.4 Å². The largest absolute Gasteiger partial charge is 0.350 e. The number of hydrogen-bond acceptors (Lipinski definition) is 3. The zero-order valence-electron chi connectivity index (χ0n) is 12.6. The molecule has 114 valence electrons. The Hall–Kier alpha value is -1.36. The molecule has 5 heteroatoms. The van der Waals surface area contributed by atoms with Crippen molar-refractivity contribution in [1.82, 2.24) is 15.1 Å². The molecule has 21 heavy (non-hydrogen) atoms. The van der Waals surface area contributed by atoms with Gasteiger partial charge in [-0.2, -0.15) is 5.10 Å². The Morgan fingerprint density at radius 1 is 1.43 bits per heavy atom. The molecule has 1 aromatic rings. The second-order valence-electron chi connectivity index (χ2n) is 7.15. The van der Waals surface area contributed by atoms with Crippen LogP contribution in [-0.4, -0.2) is 21.7 Å². The molecular weight excluding hydrogens is 264 g/mol. The van der Waals surface area contributed by atoms with Crippen molar-refractivity contribution >= 4 is 5.91 Å². The highest BCUT2D eigenvalue weighted by Gasteiger charge is 2.47. The number of aromatic nitrogens is 2. The Labute approximate surface area is 125 Å². The van der Waals surface area contributed by atoms with Gasteiger partial charge in [0.1, 0.15) is 0 Å². The molecule has 0 saturated heterocycles. The topological polar surface area (TPSA) is 72.9 Å². The zero-order valence-corrected chi connectivity index (χ0v) is 12.6. The summed E-state index contributed by atoms with van der Waals surface area (Å²) in [4.78, 5) is 12.4. The van der Waals surface area contributed by atoms with Crippen LogP contribution in [0.1, 0.15) is 49.3 Å². The quantitative estimate of drug-likeness (QED) is 0.877. The maximum Gasteiger partial charge on any atom is 0.223 e. The lowest BCUT2D eigenvalue weighted by atomic mass is 9.72. The van der Waals surface area contributed by atoms with Crippen LogP contribution in [0.2, 0.25) is 0 Å². The molecule has 3 aliphatic carbocycles. The van der Waals surface area contributed by atoms with Crippen LogP contribution in [-0.2, 0) is 18.4 Å². The van der Waals surface area contributed by atoms with E-state index in [1.54, 1.807) is 0 Å². The number of nitrogens with one attached hydrogen (secondary N) is 1. The number of hydrogen-bond donors (Lipinski definition) is 2. The summed E-state index contributed by atoms with van der Waals surface area (Å²) in [7, 11) is 1.96. The van der Waals surface area contributed by atoms with Gasteiger partial charge >= 0.3 is 0 Å². The van der Waals surface area contributed by atoms with Gasteiger partial charge in [-0.1, -0.05) is 0 Å². The molecule has 3 saturated carbocycles. The number of carbonyl (C=O) groups excluding carboxylic acids is 1. The third kappa shape index (κ3) is 2.27. The number of nitrogens with zero attached hydrogens (tertiary/aromatic N) is 2. The summed E-state index contributed by atoms with van der Waals surface area (Å²) in [6.45, 7) is 0.610. The van der Waals surface area contributed by atoms with E-state index in [0.717, 1.165) is 19.3 Å². The Morgan fingerprint density at radius 3 is 2.90 bits per heavy atom. The number of nitrogens with two attached hydrogens (primary N) is 1. The number of aryl methyl sites for hydroxylation is 1. The molecule has 0 spiro atoms. The molecule has 4 atom stereocenters. The number of carbonyl (C=O) groups is 1. The summed E-state index contributed by atoms with van der Waals surface area (Å²) in [6, 6.07) is 0.339. The van der Waals surface area contributed by atoms with Gasteiger partial charge in [0, 0.05) is 19.0 Å². The third-order valence-corrected chi connectivity index (χ3v) is 5.79. The second kappa shape index (κ2) is 4.83. The molecule has 1 unspecified atom stereocenters. The van der Waals surface area contributed by atoms with Gasteiger partial charge in [-0.25, -0.2) is 0 Å². The van der Waals surface area contributed by atoms with Crippen molar-refractivity contribution in [2.75, 3.05) is 0 Å². The minimum absolute atomic E-state index is 0.172. The van der Waals surface area contributed by atoms with Gasteiger partial charge in [-0.15, -0.1) is 0 Å². The Bertz CT molecular complexity index is 563. The van der Waals surface area contributed by atoms with E-state index >= 15 is 0 Å². The molecule has 3 aliphatic rings. The maximum absolute atomic E-state index is 12.4. The molecule has 5 nitrogen and oxygen atoms in total. The van der Waals surface area contributed by atoms with E-state index in [-0.39, 0.29) is 11.8 Å². The zero-order chi connectivity index (χ0) is 14.6. The fourth-order valence-corrected chi connectivity index (χ4v) is 4.24. The predicted octanol–water partition coefficient (Wildman–Crippen LogP) is 1.29. The lowest BCUT2D eigenvalue weighted by molar-refractivity contribution is -0.125. The van der Waals surface area contributed by atoms with Crippen LogP contribution < -0.4 is 11.1 Å². The van der Waals surface area contributed by atoms with Gasteiger partial charge in [0.15, 0.2) is 0 Å². The van der Waals surface area contributed by atoms with Crippen LogP contribution in [0.3, 0.4) is 0 Å². The average molecular weight is 288 g/mol. The van der Waals surface area contributed by atoms with Crippen molar-refractivity contribution < 1.29 is 4.79 Å². The molecule has 1 amide bonds. The van der Waals surface area contributed by atoms with E-state index < -0.39 is 0 Å². The molecule has 0 radical (unpaired) electrons. The van der Waals surface area contributed by atoms with Crippen molar-refractivity contribution in [2.45, 2.75) is 50.6 Å². The molecule has 1 heterocycles. The standard InChI is InChI=1S/C16H24N4O/c1-20-15(13(7-19-20)9-2-3-9)8-18-16(21)11-4-10-6-14(17)12(10)5-11/h7,9-12,14H,2-6,8,17H2,1H3,(H,18,21)/t10-,11?,12-,14+/m1/s1. The fourth-order valence-electron chi connectivity index (χ4n) is 4.24. The number of amides is 1. The van der Waals surface area contributed by atoms with Gasteiger partial charge in [-0.3, -0.25) is 9.48 Å². The average Bonchev–Trinajstić information content (AvgIpc) is 3.15. The molecule has 4 rings (SSSR count). The lowest BCUT2D eigenvalue weighted by Crippen LogP contribution is -2.44. The van der Waals surface area contributed by atoms with E-state index in [1.165, 1.54) is 24.1 Å². The molecule has 0 bridgehead atoms. The Balaban J connectivity index is 1.36. The first-order valence-corrected chi connectivity index (χ1v) is 8.17. The first kappa shape index (κ1) is 13.3. The minimum Gasteiger partial charge on any atom is -0.350 e. The van der Waals surface area contributed by atoms with E-state index in [4.69, 9.17) is 5.73 Å². The lowest BCUT2D eigenvalue weighted by Gasteiger charge is -2.37. The van der Waals surface area contributed by atoms with Gasteiger partial charge < -0.3 is 11.1 Å². The number of rotatable bonds is 4. The third-order valence-electron chi connectivity index (χ3n) is 5.79. The highest BCUT2D eigenvalue weighted by atomic mass is 16.1. The van der Waals surface area contributed by atoms with Gasteiger partial charge in [0.25, 0.3) is 0 Å². The molecular formula is C16H24N4O. The van der Waals surface area contributed by atoms with Crippen molar-refractivity contribution in [1.29, 1.82) is 0 Å². The molecule has 3 N–H and O–H groups in total. The SMILES string of the molecule is Cn1ncc(C2CC2)c1CNC(=O)C1C[C@@H]2C[C@H](N)[C@@H]2C1. The molecule has 3 fully saturated rings. The summed E-state index contributed by atoms with van der Waals surface area (Å²) in [5.74, 6) is 2.35. The Morgan fingerprint density at radius 2 is 2.24 bits per heavy atom. The summed E-state index contributed by atoms with van der Waals surface area (Å²) < 4.78 is 1.90. The second-order valence-corrected chi connectivity index (χ2v) is 7.15. The summed E-state index contributed by atoms with van der Waals surface area (Å²) in [5.41, 5.74) is 8.51. The van der Waals surface area contributed by atoms with Crippen LogP contribution in [0.4, 0.5) is 0 Å². The first-order valence-electron chi connectivity index (χ1n) is 8.17. The van der Waals surface area contributed by atoms with Crippen molar-refractivity contribution in [3.63, 3.8) is 0 Å². The van der Waals surface area contributed by atoms with E-state index in [2.05, 4.69) is 10.4 Å². The molecule has 0 aliphatic heterocycles. The van der Waals surface area contributed by atoms with E-state index in [1.807, 2.05) is 17.9 Å². The minimum atomic E-state index is 0.172. The van der Waals surface area contributed by atoms with Crippen molar-refractivity contribution in [3.8, 4) is 0 Å².